The first kappa shape index (κ1) is 14.8. The Labute approximate surface area is 122 Å². The molecule has 0 saturated heterocycles. The number of rotatable bonds is 3. The van der Waals surface area contributed by atoms with Crippen molar-refractivity contribution in [3.8, 4) is 0 Å². The predicted octanol–water partition coefficient (Wildman–Crippen LogP) is 4.89. The molecule has 0 aliphatic rings. The normalized spacial score (nSPS) is 11.4. The average Bonchev–Trinajstić information content (AvgIpc) is 2.37. The smallest absolute Gasteiger partial charge is 0.294 e. The molecule has 0 unspecified atom stereocenters. The van der Waals surface area contributed by atoms with Crippen LogP contribution in [0.25, 0.3) is 0 Å². The van der Waals surface area contributed by atoms with Crippen molar-refractivity contribution in [2.24, 2.45) is 0 Å². The summed E-state index contributed by atoms with van der Waals surface area (Å²) in [5, 5.41) is 0. The molecule has 2 rings (SSSR count). The summed E-state index contributed by atoms with van der Waals surface area (Å²) in [6, 6.07) is 11.8. The zero-order valence-electron chi connectivity index (χ0n) is 10.2. The van der Waals surface area contributed by atoms with Crippen molar-refractivity contribution in [1.29, 1.82) is 0 Å². The third kappa shape index (κ3) is 3.48. The summed E-state index contributed by atoms with van der Waals surface area (Å²) in [4.78, 5) is 12.1. The van der Waals surface area contributed by atoms with Crippen LogP contribution < -0.4 is 0 Å². The molecule has 0 saturated carbocycles. The molecule has 0 radical (unpaired) electrons. The maximum absolute atomic E-state index is 12.9. The van der Waals surface area contributed by atoms with Crippen molar-refractivity contribution >= 4 is 21.7 Å². The molecule has 0 aliphatic heterocycles. The van der Waals surface area contributed by atoms with Crippen LogP contribution in [0.3, 0.4) is 0 Å². The van der Waals surface area contributed by atoms with Crippen LogP contribution in [-0.2, 0) is 12.6 Å². The van der Waals surface area contributed by atoms with E-state index < -0.39 is 17.5 Å². The second-order valence-corrected chi connectivity index (χ2v) is 5.19. The summed E-state index contributed by atoms with van der Waals surface area (Å²) in [5.74, 6) is -0.545. The highest BCUT2D eigenvalue weighted by atomic mass is 79.9. The van der Waals surface area contributed by atoms with E-state index in [1.807, 2.05) is 0 Å². The van der Waals surface area contributed by atoms with Gasteiger partial charge in [-0.25, -0.2) is 0 Å². The van der Waals surface area contributed by atoms with Gasteiger partial charge in [0.1, 0.15) is 0 Å². The van der Waals surface area contributed by atoms with Crippen LogP contribution in [0.2, 0.25) is 0 Å². The van der Waals surface area contributed by atoms with Gasteiger partial charge in [0, 0.05) is 16.5 Å². The minimum absolute atomic E-state index is 0.0630. The molecule has 5 heteroatoms. The molecule has 1 nitrogen and oxygen atoms in total. The van der Waals surface area contributed by atoms with E-state index in [1.54, 1.807) is 24.3 Å². The van der Waals surface area contributed by atoms with E-state index in [2.05, 4.69) is 15.9 Å². The van der Waals surface area contributed by atoms with E-state index in [-0.39, 0.29) is 12.0 Å². The van der Waals surface area contributed by atoms with E-state index in [1.165, 1.54) is 18.2 Å². The molecule has 0 spiro atoms. The largest absolute Gasteiger partial charge is 0.417 e. The summed E-state index contributed by atoms with van der Waals surface area (Å²) in [6.07, 6.45) is -4.59. The molecule has 0 atom stereocenters. The van der Waals surface area contributed by atoms with Crippen molar-refractivity contribution < 1.29 is 18.0 Å². The van der Waals surface area contributed by atoms with E-state index >= 15 is 0 Å². The van der Waals surface area contributed by atoms with Gasteiger partial charge in [0.15, 0.2) is 5.78 Å². The summed E-state index contributed by atoms with van der Waals surface area (Å²) < 4.78 is 39.3. The Hall–Kier alpha value is -1.62. The van der Waals surface area contributed by atoms with Gasteiger partial charge in [0.25, 0.3) is 0 Å². The van der Waals surface area contributed by atoms with Gasteiger partial charge >= 0.3 is 6.18 Å². The highest BCUT2D eigenvalue weighted by molar-refractivity contribution is 9.10. The standard InChI is InChI=1S/C15H10BrF3O/c16-11-5-3-4-10(8-11)9-14(20)12-6-1-2-7-13(12)15(17,18)19/h1-8H,9H2. The topological polar surface area (TPSA) is 17.1 Å². The molecule has 0 aromatic heterocycles. The van der Waals surface area contributed by atoms with Crippen LogP contribution in [-0.4, -0.2) is 5.78 Å². The number of ketones is 1. The number of hydrogen-bond acceptors (Lipinski definition) is 1. The predicted molar refractivity (Wildman–Crippen MR) is 73.6 cm³/mol. The Bertz CT molecular complexity index is 635. The van der Waals surface area contributed by atoms with Crippen molar-refractivity contribution in [3.05, 3.63) is 69.7 Å². The summed E-state index contributed by atoms with van der Waals surface area (Å²) in [6.45, 7) is 0. The molecular formula is C15H10BrF3O. The SMILES string of the molecule is O=C(Cc1cccc(Br)c1)c1ccccc1C(F)(F)F. The van der Waals surface area contributed by atoms with Crippen LogP contribution in [0.1, 0.15) is 21.5 Å². The van der Waals surface area contributed by atoms with Crippen LogP contribution in [0.4, 0.5) is 13.2 Å². The van der Waals surface area contributed by atoms with Crippen molar-refractivity contribution in [2.45, 2.75) is 12.6 Å². The summed E-state index contributed by atoms with van der Waals surface area (Å²) in [5.41, 5.74) is -0.513. The van der Waals surface area contributed by atoms with Crippen molar-refractivity contribution in [2.75, 3.05) is 0 Å². The monoisotopic (exact) mass is 342 g/mol. The Kier molecular flexibility index (Phi) is 4.28. The van der Waals surface area contributed by atoms with E-state index in [0.717, 1.165) is 10.5 Å². The number of carbonyl (C=O) groups excluding carboxylic acids is 1. The number of carbonyl (C=O) groups is 1. The van der Waals surface area contributed by atoms with Gasteiger partial charge < -0.3 is 0 Å². The van der Waals surface area contributed by atoms with Gasteiger partial charge in [-0.15, -0.1) is 0 Å². The lowest BCUT2D eigenvalue weighted by molar-refractivity contribution is -0.137. The third-order valence-corrected chi connectivity index (χ3v) is 3.28. The molecule has 0 heterocycles. The fourth-order valence-electron chi connectivity index (χ4n) is 1.90. The lowest BCUT2D eigenvalue weighted by atomic mass is 9.98. The van der Waals surface area contributed by atoms with Gasteiger partial charge in [-0.3, -0.25) is 4.79 Å². The number of benzene rings is 2. The summed E-state index contributed by atoms with van der Waals surface area (Å²) in [7, 11) is 0. The third-order valence-electron chi connectivity index (χ3n) is 2.79. The molecule has 104 valence electrons. The highest BCUT2D eigenvalue weighted by Crippen LogP contribution is 2.32. The molecule has 0 fully saturated rings. The Morgan fingerprint density at radius 1 is 1.05 bits per heavy atom. The molecule has 2 aromatic carbocycles. The molecule has 0 amide bonds. The number of Topliss-reactive ketones (excluding diaryl/α,β-unsaturated/α-hetero) is 1. The first-order valence-corrected chi connectivity index (χ1v) is 6.61. The second-order valence-electron chi connectivity index (χ2n) is 4.27. The maximum Gasteiger partial charge on any atom is 0.417 e. The van der Waals surface area contributed by atoms with Crippen LogP contribution in [0.15, 0.2) is 53.0 Å². The lowest BCUT2D eigenvalue weighted by Crippen LogP contribution is -2.14. The molecule has 20 heavy (non-hydrogen) atoms. The Morgan fingerprint density at radius 2 is 1.75 bits per heavy atom. The fourth-order valence-corrected chi connectivity index (χ4v) is 2.35. The van der Waals surface area contributed by atoms with Gasteiger partial charge in [0.05, 0.1) is 5.56 Å². The average molecular weight is 343 g/mol. The second kappa shape index (κ2) is 5.79. The first-order valence-electron chi connectivity index (χ1n) is 5.82. The van der Waals surface area contributed by atoms with Gasteiger partial charge in [-0.05, 0) is 23.8 Å². The molecule has 2 aromatic rings. The zero-order chi connectivity index (χ0) is 14.8. The Balaban J connectivity index is 2.31. The fraction of sp³-hybridized carbons (Fsp3) is 0.133. The highest BCUT2D eigenvalue weighted by Gasteiger charge is 2.34. The number of alkyl halides is 3. The quantitative estimate of drug-likeness (QED) is 0.725. The van der Waals surface area contributed by atoms with Gasteiger partial charge in [-0.1, -0.05) is 46.3 Å². The van der Waals surface area contributed by atoms with Crippen molar-refractivity contribution in [1.82, 2.24) is 0 Å². The lowest BCUT2D eigenvalue weighted by Gasteiger charge is -2.11. The molecule has 0 bridgehead atoms. The van der Waals surface area contributed by atoms with E-state index in [0.29, 0.717) is 5.56 Å². The van der Waals surface area contributed by atoms with E-state index in [9.17, 15) is 18.0 Å². The van der Waals surface area contributed by atoms with Crippen molar-refractivity contribution in [3.63, 3.8) is 0 Å². The van der Waals surface area contributed by atoms with Crippen LogP contribution in [0.5, 0.6) is 0 Å². The minimum atomic E-state index is -4.52. The molecule has 0 N–H and O–H groups in total. The summed E-state index contributed by atoms with van der Waals surface area (Å²) >= 11 is 3.26. The Morgan fingerprint density at radius 3 is 2.40 bits per heavy atom. The number of halogens is 4. The van der Waals surface area contributed by atoms with Gasteiger partial charge in [0.2, 0.25) is 0 Å². The minimum Gasteiger partial charge on any atom is -0.294 e. The zero-order valence-corrected chi connectivity index (χ0v) is 11.8. The molecular weight excluding hydrogens is 333 g/mol. The first-order chi connectivity index (χ1) is 9.38. The van der Waals surface area contributed by atoms with E-state index in [4.69, 9.17) is 0 Å². The van der Waals surface area contributed by atoms with Crippen LogP contribution in [0, 0.1) is 0 Å². The van der Waals surface area contributed by atoms with Gasteiger partial charge in [-0.2, -0.15) is 13.2 Å². The maximum atomic E-state index is 12.9. The molecule has 0 aliphatic carbocycles. The number of hydrogen-bond donors (Lipinski definition) is 0. The van der Waals surface area contributed by atoms with Crippen LogP contribution >= 0.6 is 15.9 Å².